The van der Waals surface area contributed by atoms with Crippen molar-refractivity contribution < 1.29 is 19.1 Å². The largest absolute Gasteiger partial charge is 0.486 e. The molecule has 0 spiro atoms. The minimum Gasteiger partial charge on any atom is -0.486 e. The summed E-state index contributed by atoms with van der Waals surface area (Å²) in [5.74, 6) is 0.717. The molecule has 37 heavy (non-hydrogen) atoms. The van der Waals surface area contributed by atoms with E-state index in [1.165, 1.54) is 6.08 Å². The second-order valence-corrected chi connectivity index (χ2v) is 9.23. The van der Waals surface area contributed by atoms with Crippen LogP contribution in [-0.2, 0) is 16.0 Å². The second-order valence-electron chi connectivity index (χ2n) is 8.82. The number of hydrogen-bond acceptors (Lipinski definition) is 7. The Morgan fingerprint density at radius 2 is 1.95 bits per heavy atom. The van der Waals surface area contributed by atoms with Gasteiger partial charge in [0.2, 0.25) is 5.91 Å². The Bertz CT molecular complexity index is 1320. The van der Waals surface area contributed by atoms with Gasteiger partial charge in [0.15, 0.2) is 0 Å². The van der Waals surface area contributed by atoms with Crippen LogP contribution < -0.4 is 15.8 Å². The van der Waals surface area contributed by atoms with Crippen LogP contribution in [0.3, 0.4) is 0 Å². The second kappa shape index (κ2) is 11.0. The molecule has 0 bridgehead atoms. The van der Waals surface area contributed by atoms with Gasteiger partial charge in [-0.3, -0.25) is 14.6 Å². The van der Waals surface area contributed by atoms with E-state index in [0.717, 1.165) is 22.3 Å². The van der Waals surface area contributed by atoms with E-state index in [0.29, 0.717) is 61.6 Å². The summed E-state index contributed by atoms with van der Waals surface area (Å²) in [4.78, 5) is 35.0. The zero-order valence-electron chi connectivity index (χ0n) is 20.0. The van der Waals surface area contributed by atoms with Crippen LogP contribution in [0, 0.1) is 0 Å². The quantitative estimate of drug-likeness (QED) is 0.480. The molecule has 3 N–H and O–H groups in total. The van der Waals surface area contributed by atoms with Gasteiger partial charge in [0.25, 0.3) is 5.91 Å². The highest BCUT2D eigenvalue weighted by Gasteiger charge is 2.26. The SMILES string of the molecule is Nc1ccc(/C=C/C(=O)NCC2Cc3cc(-c4ccc(C(=O)N5CCOCC5)nc4)cc(Cl)c3O2)cn1. The minimum atomic E-state index is -0.235. The predicted octanol–water partition coefficient (Wildman–Crippen LogP) is 2.98. The van der Waals surface area contributed by atoms with Crippen molar-refractivity contribution in [2.24, 2.45) is 0 Å². The Hall–Kier alpha value is -3.95. The number of hydrogen-bond donors (Lipinski definition) is 2. The number of carbonyl (C=O) groups is 2. The molecule has 1 fully saturated rings. The number of nitrogens with two attached hydrogens (primary N) is 1. The molecule has 2 aliphatic rings. The van der Waals surface area contributed by atoms with Crippen molar-refractivity contribution in [1.29, 1.82) is 0 Å². The summed E-state index contributed by atoms with van der Waals surface area (Å²) < 4.78 is 11.3. The molecule has 1 aromatic carbocycles. The Balaban J connectivity index is 1.19. The van der Waals surface area contributed by atoms with Gasteiger partial charge in [-0.25, -0.2) is 4.98 Å². The van der Waals surface area contributed by atoms with Gasteiger partial charge in [-0.1, -0.05) is 17.7 Å². The van der Waals surface area contributed by atoms with E-state index in [2.05, 4.69) is 15.3 Å². The number of aromatic nitrogens is 2. The molecule has 4 heterocycles. The van der Waals surface area contributed by atoms with Crippen molar-refractivity contribution in [3.63, 3.8) is 0 Å². The van der Waals surface area contributed by atoms with Gasteiger partial charge in [0.1, 0.15) is 23.4 Å². The number of carbonyl (C=O) groups excluding carboxylic acids is 2. The van der Waals surface area contributed by atoms with Crippen LogP contribution in [0.15, 0.2) is 54.9 Å². The number of morpholine rings is 1. The summed E-state index contributed by atoms with van der Waals surface area (Å²) in [5, 5.41) is 3.35. The standard InChI is InChI=1S/C27H26ClN5O4/c28-22-13-19(18-3-4-23(30-15-18)27(35)33-7-9-36-10-8-33)11-20-12-21(37-26(20)22)16-32-25(34)6-2-17-1-5-24(29)31-14-17/h1-6,11,13-15,21H,7-10,12,16H2,(H2,29,31)(H,32,34)/b6-2+. The van der Waals surface area contributed by atoms with Crippen molar-refractivity contribution >= 4 is 35.3 Å². The number of nitrogens with one attached hydrogen (secondary N) is 1. The molecule has 10 heteroatoms. The zero-order valence-corrected chi connectivity index (χ0v) is 20.8. The highest BCUT2D eigenvalue weighted by molar-refractivity contribution is 6.32. The third-order valence-corrected chi connectivity index (χ3v) is 6.49. The number of nitrogens with zero attached hydrogens (tertiary/aromatic N) is 3. The molecule has 5 rings (SSSR count). The molecule has 0 saturated carbocycles. The molecule has 2 amide bonds. The van der Waals surface area contributed by atoms with Crippen LogP contribution >= 0.6 is 11.6 Å². The monoisotopic (exact) mass is 519 g/mol. The average Bonchev–Trinajstić information content (AvgIpc) is 3.35. The number of amides is 2. The first-order valence-corrected chi connectivity index (χ1v) is 12.3. The van der Waals surface area contributed by atoms with Crippen LogP contribution in [0.25, 0.3) is 17.2 Å². The van der Waals surface area contributed by atoms with E-state index < -0.39 is 0 Å². The summed E-state index contributed by atoms with van der Waals surface area (Å²) in [6.07, 6.45) is 6.77. The molecule has 1 saturated heterocycles. The smallest absolute Gasteiger partial charge is 0.272 e. The summed E-state index contributed by atoms with van der Waals surface area (Å²) in [5.41, 5.74) is 9.44. The highest BCUT2D eigenvalue weighted by Crippen LogP contribution is 2.39. The van der Waals surface area contributed by atoms with E-state index in [-0.39, 0.29) is 17.9 Å². The van der Waals surface area contributed by atoms with Gasteiger partial charge in [-0.15, -0.1) is 0 Å². The Morgan fingerprint density at radius 1 is 1.11 bits per heavy atom. The number of anilines is 1. The lowest BCUT2D eigenvalue weighted by Gasteiger charge is -2.26. The normalized spacial score (nSPS) is 16.9. The molecule has 1 atom stereocenters. The van der Waals surface area contributed by atoms with Gasteiger partial charge in [0, 0.05) is 49.1 Å². The van der Waals surface area contributed by atoms with Crippen molar-refractivity contribution in [1.82, 2.24) is 20.2 Å². The molecule has 1 unspecified atom stereocenters. The number of nitrogen functional groups attached to an aromatic ring is 1. The Labute approximate surface area is 219 Å². The summed E-state index contributed by atoms with van der Waals surface area (Å²) in [6.45, 7) is 2.56. The molecular weight excluding hydrogens is 494 g/mol. The van der Waals surface area contributed by atoms with Gasteiger partial charge >= 0.3 is 0 Å². The third-order valence-electron chi connectivity index (χ3n) is 6.21. The lowest BCUT2D eigenvalue weighted by Crippen LogP contribution is -2.41. The van der Waals surface area contributed by atoms with Crippen molar-refractivity contribution in [3.8, 4) is 16.9 Å². The van der Waals surface area contributed by atoms with E-state index in [1.807, 2.05) is 18.2 Å². The predicted molar refractivity (Wildman–Crippen MR) is 140 cm³/mol. The fourth-order valence-corrected chi connectivity index (χ4v) is 4.53. The lowest BCUT2D eigenvalue weighted by molar-refractivity contribution is -0.116. The Morgan fingerprint density at radius 3 is 2.68 bits per heavy atom. The van der Waals surface area contributed by atoms with Crippen LogP contribution in [0.4, 0.5) is 5.82 Å². The highest BCUT2D eigenvalue weighted by atomic mass is 35.5. The van der Waals surface area contributed by atoms with Gasteiger partial charge in [0.05, 0.1) is 24.8 Å². The van der Waals surface area contributed by atoms with Crippen molar-refractivity contribution in [2.45, 2.75) is 12.5 Å². The van der Waals surface area contributed by atoms with Gasteiger partial charge in [-0.05, 0) is 47.5 Å². The van der Waals surface area contributed by atoms with Gasteiger partial charge in [-0.2, -0.15) is 0 Å². The average molecular weight is 520 g/mol. The maximum atomic E-state index is 12.7. The molecule has 3 aromatic rings. The number of pyridine rings is 2. The van der Waals surface area contributed by atoms with E-state index in [1.54, 1.807) is 41.6 Å². The molecule has 9 nitrogen and oxygen atoms in total. The zero-order chi connectivity index (χ0) is 25.8. The van der Waals surface area contributed by atoms with Crippen LogP contribution in [-0.4, -0.2) is 65.6 Å². The summed E-state index contributed by atoms with van der Waals surface area (Å²) >= 11 is 6.53. The van der Waals surface area contributed by atoms with Crippen LogP contribution in [0.1, 0.15) is 21.6 Å². The number of halogens is 1. The number of fused-ring (bicyclic) bond motifs is 1. The van der Waals surface area contributed by atoms with E-state index in [4.69, 9.17) is 26.8 Å². The Kier molecular flexibility index (Phi) is 7.34. The van der Waals surface area contributed by atoms with Crippen molar-refractivity contribution in [2.75, 3.05) is 38.6 Å². The molecule has 190 valence electrons. The maximum Gasteiger partial charge on any atom is 0.272 e. The maximum absolute atomic E-state index is 12.7. The summed E-state index contributed by atoms with van der Waals surface area (Å²) in [7, 11) is 0. The van der Waals surface area contributed by atoms with Gasteiger partial charge < -0.3 is 25.4 Å². The number of benzene rings is 1. The first-order valence-electron chi connectivity index (χ1n) is 12.0. The molecular formula is C27H26ClN5O4. The third kappa shape index (κ3) is 5.90. The molecule has 2 aliphatic heterocycles. The molecule has 2 aromatic heterocycles. The van der Waals surface area contributed by atoms with E-state index >= 15 is 0 Å². The summed E-state index contributed by atoms with van der Waals surface area (Å²) in [6, 6.07) is 10.9. The fraction of sp³-hybridized carbons (Fsp3) is 0.259. The van der Waals surface area contributed by atoms with Crippen molar-refractivity contribution in [3.05, 3.63) is 76.7 Å². The molecule has 0 aliphatic carbocycles. The first-order chi connectivity index (χ1) is 18.0. The first kappa shape index (κ1) is 24.7. The van der Waals surface area contributed by atoms with Crippen LogP contribution in [0.2, 0.25) is 5.02 Å². The topological polar surface area (TPSA) is 120 Å². The number of rotatable bonds is 6. The minimum absolute atomic E-state index is 0.0971. The van der Waals surface area contributed by atoms with Crippen LogP contribution in [0.5, 0.6) is 5.75 Å². The fourth-order valence-electron chi connectivity index (χ4n) is 4.25. The number of ether oxygens (including phenoxy) is 2. The lowest BCUT2D eigenvalue weighted by atomic mass is 10.0. The van der Waals surface area contributed by atoms with E-state index in [9.17, 15) is 9.59 Å². The molecule has 0 radical (unpaired) electrons.